The maximum Gasteiger partial charge on any atom is 0.255 e. The molecule has 3 aromatic carbocycles. The van der Waals surface area contributed by atoms with E-state index in [1.165, 1.54) is 6.08 Å². The Morgan fingerprint density at radius 1 is 0.833 bits per heavy atom. The van der Waals surface area contributed by atoms with Crippen LogP contribution in [0.15, 0.2) is 84.9 Å². The van der Waals surface area contributed by atoms with E-state index < -0.39 is 0 Å². The molecule has 0 radical (unpaired) electrons. The van der Waals surface area contributed by atoms with E-state index in [0.717, 1.165) is 5.56 Å². The van der Waals surface area contributed by atoms with Gasteiger partial charge in [-0.2, -0.15) is 0 Å². The molecule has 0 heterocycles. The summed E-state index contributed by atoms with van der Waals surface area (Å²) in [6, 6.07) is 23.1. The highest BCUT2D eigenvalue weighted by Gasteiger charge is 2.08. The minimum atomic E-state index is -0.355. The van der Waals surface area contributed by atoms with Gasteiger partial charge in [0.2, 0.25) is 5.91 Å². The lowest BCUT2D eigenvalue weighted by Crippen LogP contribution is -2.32. The fourth-order valence-corrected chi connectivity index (χ4v) is 2.97. The molecule has 0 fully saturated rings. The summed E-state index contributed by atoms with van der Waals surface area (Å²) in [4.78, 5) is 24.5. The second kappa shape index (κ2) is 10.3. The van der Waals surface area contributed by atoms with Crippen LogP contribution in [0.5, 0.6) is 0 Å². The fourth-order valence-electron chi connectivity index (χ4n) is 2.56. The van der Waals surface area contributed by atoms with Crippen molar-refractivity contribution in [3.05, 3.63) is 101 Å². The van der Waals surface area contributed by atoms with Crippen molar-refractivity contribution >= 4 is 58.2 Å². The van der Waals surface area contributed by atoms with Crippen LogP contribution >= 0.6 is 23.8 Å². The molecule has 3 rings (SSSR count). The molecule has 0 aliphatic rings. The first kappa shape index (κ1) is 21.2. The Balaban J connectivity index is 1.57. The van der Waals surface area contributed by atoms with Gasteiger partial charge < -0.3 is 10.6 Å². The molecular formula is C23H18ClN3O2S. The number of hydrogen-bond acceptors (Lipinski definition) is 3. The number of hydrogen-bond donors (Lipinski definition) is 3. The number of halogens is 1. The molecule has 3 aromatic rings. The van der Waals surface area contributed by atoms with Gasteiger partial charge in [0, 0.05) is 28.0 Å². The molecule has 0 aromatic heterocycles. The number of carbonyl (C=O) groups excluding carboxylic acids is 2. The molecule has 3 N–H and O–H groups in total. The van der Waals surface area contributed by atoms with E-state index in [1.54, 1.807) is 54.6 Å². The van der Waals surface area contributed by atoms with Crippen molar-refractivity contribution in [1.82, 2.24) is 5.32 Å². The van der Waals surface area contributed by atoms with Gasteiger partial charge in [-0.1, -0.05) is 54.1 Å². The highest BCUT2D eigenvalue weighted by molar-refractivity contribution is 7.80. The normalized spacial score (nSPS) is 10.4. The van der Waals surface area contributed by atoms with E-state index >= 15 is 0 Å². The van der Waals surface area contributed by atoms with Crippen molar-refractivity contribution in [2.45, 2.75) is 0 Å². The topological polar surface area (TPSA) is 70.2 Å². The third kappa shape index (κ3) is 6.55. The lowest BCUT2D eigenvalue weighted by Gasteiger charge is -2.10. The number of anilines is 2. The van der Waals surface area contributed by atoms with E-state index in [0.29, 0.717) is 22.0 Å². The monoisotopic (exact) mass is 435 g/mol. The molecular weight excluding hydrogens is 418 g/mol. The predicted octanol–water partition coefficient (Wildman–Crippen LogP) is 5.12. The average Bonchev–Trinajstić information content (AvgIpc) is 2.73. The minimum Gasteiger partial charge on any atom is -0.332 e. The second-order valence-corrected chi connectivity index (χ2v) is 7.08. The Labute approximate surface area is 184 Å². The predicted molar refractivity (Wildman–Crippen MR) is 126 cm³/mol. The maximum absolute atomic E-state index is 12.5. The molecule has 0 saturated carbocycles. The van der Waals surface area contributed by atoms with Crippen LogP contribution in [0.1, 0.15) is 15.9 Å². The smallest absolute Gasteiger partial charge is 0.255 e. The number of nitrogens with one attached hydrogen (secondary N) is 3. The third-order valence-corrected chi connectivity index (χ3v) is 4.37. The molecule has 0 unspecified atom stereocenters. The number of carbonyl (C=O) groups is 2. The summed E-state index contributed by atoms with van der Waals surface area (Å²) >= 11 is 11.1. The van der Waals surface area contributed by atoms with Gasteiger partial charge in [0.15, 0.2) is 5.11 Å². The fraction of sp³-hybridized carbons (Fsp3) is 0. The van der Waals surface area contributed by atoms with Gasteiger partial charge >= 0.3 is 0 Å². The molecule has 0 aliphatic carbocycles. The Bertz CT molecular complexity index is 1100. The lowest BCUT2D eigenvalue weighted by atomic mass is 10.2. The van der Waals surface area contributed by atoms with Crippen molar-refractivity contribution < 1.29 is 9.59 Å². The van der Waals surface area contributed by atoms with Gasteiger partial charge in [-0.25, -0.2) is 0 Å². The molecule has 150 valence electrons. The number of thiocarbonyl (C=S) groups is 1. The molecule has 0 spiro atoms. The van der Waals surface area contributed by atoms with E-state index in [4.69, 9.17) is 23.8 Å². The summed E-state index contributed by atoms with van der Waals surface area (Å²) in [6.07, 6.45) is 3.09. The van der Waals surface area contributed by atoms with Crippen molar-refractivity contribution in [2.24, 2.45) is 0 Å². The van der Waals surface area contributed by atoms with E-state index in [1.807, 2.05) is 30.3 Å². The molecule has 5 nitrogen and oxygen atoms in total. The first-order valence-electron chi connectivity index (χ1n) is 9.02. The summed E-state index contributed by atoms with van der Waals surface area (Å²) in [7, 11) is 0. The summed E-state index contributed by atoms with van der Waals surface area (Å²) in [5.41, 5.74) is 2.51. The molecule has 0 bridgehead atoms. The highest BCUT2D eigenvalue weighted by Crippen LogP contribution is 2.17. The van der Waals surface area contributed by atoms with Crippen LogP contribution in [-0.2, 0) is 4.79 Å². The second-order valence-electron chi connectivity index (χ2n) is 6.23. The maximum atomic E-state index is 12.5. The Kier molecular flexibility index (Phi) is 7.32. The standard InChI is InChI=1S/C23H18ClN3O2S/c24-18-9-5-11-20(15-18)25-22(29)17-8-4-10-19(14-17)26-23(30)27-21(28)13-12-16-6-2-1-3-7-16/h1-15H,(H,25,29)(H2,26,27,28,30)/b13-12+. The minimum absolute atomic E-state index is 0.130. The number of rotatable bonds is 5. The first-order chi connectivity index (χ1) is 14.5. The van der Waals surface area contributed by atoms with Crippen LogP contribution in [0, 0.1) is 0 Å². The Morgan fingerprint density at radius 2 is 1.53 bits per heavy atom. The zero-order valence-electron chi connectivity index (χ0n) is 15.8. The van der Waals surface area contributed by atoms with Crippen molar-refractivity contribution in [2.75, 3.05) is 10.6 Å². The summed E-state index contributed by atoms with van der Waals surface area (Å²) in [5, 5.41) is 8.92. The zero-order valence-corrected chi connectivity index (χ0v) is 17.3. The van der Waals surface area contributed by atoms with E-state index in [9.17, 15) is 9.59 Å². The van der Waals surface area contributed by atoms with Gasteiger partial charge in [-0.15, -0.1) is 0 Å². The third-order valence-electron chi connectivity index (χ3n) is 3.93. The van der Waals surface area contributed by atoms with Gasteiger partial charge in [0.1, 0.15) is 0 Å². The number of benzene rings is 3. The molecule has 0 saturated heterocycles. The van der Waals surface area contributed by atoms with Crippen molar-refractivity contribution in [3.8, 4) is 0 Å². The SMILES string of the molecule is O=C(/C=C/c1ccccc1)NC(=S)Nc1cccc(C(=O)Nc2cccc(Cl)c2)c1. The summed E-state index contributed by atoms with van der Waals surface area (Å²) < 4.78 is 0. The molecule has 2 amide bonds. The average molecular weight is 436 g/mol. The van der Waals surface area contributed by atoms with Crippen LogP contribution in [0.4, 0.5) is 11.4 Å². The van der Waals surface area contributed by atoms with Gasteiger partial charge in [0.25, 0.3) is 5.91 Å². The van der Waals surface area contributed by atoms with E-state index in [-0.39, 0.29) is 16.9 Å². The number of amides is 2. The summed E-state index contributed by atoms with van der Waals surface area (Å²) in [6.45, 7) is 0. The van der Waals surface area contributed by atoms with Crippen molar-refractivity contribution in [3.63, 3.8) is 0 Å². The molecule has 30 heavy (non-hydrogen) atoms. The molecule has 0 atom stereocenters. The van der Waals surface area contributed by atoms with Crippen LogP contribution < -0.4 is 16.0 Å². The van der Waals surface area contributed by atoms with Gasteiger partial charge in [0.05, 0.1) is 0 Å². The van der Waals surface area contributed by atoms with Crippen LogP contribution in [0.2, 0.25) is 5.02 Å². The molecule has 7 heteroatoms. The van der Waals surface area contributed by atoms with Crippen LogP contribution in [0.3, 0.4) is 0 Å². The van der Waals surface area contributed by atoms with Crippen molar-refractivity contribution in [1.29, 1.82) is 0 Å². The largest absolute Gasteiger partial charge is 0.332 e. The highest BCUT2D eigenvalue weighted by atomic mass is 35.5. The Morgan fingerprint density at radius 3 is 2.27 bits per heavy atom. The van der Waals surface area contributed by atoms with Crippen LogP contribution in [0.25, 0.3) is 6.08 Å². The summed E-state index contributed by atoms with van der Waals surface area (Å²) in [5.74, 6) is -0.645. The van der Waals surface area contributed by atoms with Crippen LogP contribution in [-0.4, -0.2) is 16.9 Å². The Hall–Kier alpha value is -3.48. The first-order valence-corrected chi connectivity index (χ1v) is 9.80. The quantitative estimate of drug-likeness (QED) is 0.384. The molecule has 0 aliphatic heterocycles. The van der Waals surface area contributed by atoms with E-state index in [2.05, 4.69) is 16.0 Å². The lowest BCUT2D eigenvalue weighted by molar-refractivity contribution is -0.115. The van der Waals surface area contributed by atoms with Gasteiger partial charge in [-0.05, 0) is 60.3 Å². The zero-order chi connectivity index (χ0) is 21.3. The van der Waals surface area contributed by atoms with Gasteiger partial charge in [-0.3, -0.25) is 14.9 Å².